The molecule has 204 valence electrons. The lowest BCUT2D eigenvalue weighted by Gasteiger charge is -2.07. The Morgan fingerprint density at radius 3 is 2.27 bits per heavy atom. The van der Waals surface area contributed by atoms with Gasteiger partial charge in [-0.05, 0) is 83.9 Å². The van der Waals surface area contributed by atoms with E-state index in [4.69, 9.17) is 21.4 Å². The van der Waals surface area contributed by atoms with Gasteiger partial charge in [-0.2, -0.15) is 5.10 Å². The van der Waals surface area contributed by atoms with Gasteiger partial charge in [-0.3, -0.25) is 4.79 Å². The minimum Gasteiger partial charge on any atom is -0.489 e. The molecule has 8 nitrogen and oxygen atoms in total. The number of aromatic carboxylic acids is 1. The van der Waals surface area contributed by atoms with Crippen molar-refractivity contribution in [2.45, 2.75) is 6.61 Å². The molecule has 1 heterocycles. The molecule has 0 atom stereocenters. The summed E-state index contributed by atoms with van der Waals surface area (Å²) in [5, 5.41) is 19.7. The van der Waals surface area contributed by atoms with Crippen LogP contribution in [0.4, 0.5) is 10.8 Å². The minimum absolute atomic E-state index is 0.232. The van der Waals surface area contributed by atoms with Gasteiger partial charge in [0.1, 0.15) is 12.4 Å². The molecular formula is C31H23ClN4O4S. The predicted octanol–water partition coefficient (Wildman–Crippen LogP) is 7.25. The molecule has 0 saturated carbocycles. The summed E-state index contributed by atoms with van der Waals surface area (Å²) in [5.74, 6) is -0.638. The van der Waals surface area contributed by atoms with Crippen LogP contribution in [0.1, 0.15) is 31.8 Å². The Balaban J connectivity index is 1.10. The van der Waals surface area contributed by atoms with Crippen molar-refractivity contribution in [1.82, 2.24) is 10.4 Å². The number of thiazole rings is 1. The summed E-state index contributed by atoms with van der Waals surface area (Å²) in [7, 11) is 0. The monoisotopic (exact) mass is 582 g/mol. The number of ether oxygens (including phenoxy) is 1. The third-order valence-electron chi connectivity index (χ3n) is 5.91. The number of rotatable bonds is 10. The normalized spacial score (nSPS) is 10.9. The van der Waals surface area contributed by atoms with Gasteiger partial charge in [0.2, 0.25) is 0 Å². The van der Waals surface area contributed by atoms with Crippen molar-refractivity contribution in [2.24, 2.45) is 5.10 Å². The van der Waals surface area contributed by atoms with Gasteiger partial charge in [0.25, 0.3) is 5.91 Å². The third kappa shape index (κ3) is 7.57. The zero-order chi connectivity index (χ0) is 28.6. The first kappa shape index (κ1) is 27.6. The summed E-state index contributed by atoms with van der Waals surface area (Å²) < 4.78 is 5.75. The highest BCUT2D eigenvalue weighted by molar-refractivity contribution is 7.14. The number of carboxylic acid groups (broad SMARTS) is 1. The Morgan fingerprint density at radius 1 is 0.902 bits per heavy atom. The van der Waals surface area contributed by atoms with Gasteiger partial charge in [-0.15, -0.1) is 11.3 Å². The number of nitrogens with one attached hydrogen (secondary N) is 2. The van der Waals surface area contributed by atoms with Gasteiger partial charge < -0.3 is 15.2 Å². The fourth-order valence-electron chi connectivity index (χ4n) is 3.70. The molecule has 5 rings (SSSR count). The Labute approximate surface area is 244 Å². The van der Waals surface area contributed by atoms with Crippen molar-refractivity contribution in [2.75, 3.05) is 5.32 Å². The summed E-state index contributed by atoms with van der Waals surface area (Å²) in [4.78, 5) is 28.1. The van der Waals surface area contributed by atoms with Crippen molar-refractivity contribution in [3.63, 3.8) is 0 Å². The number of carboxylic acids is 1. The Kier molecular flexibility index (Phi) is 8.68. The van der Waals surface area contributed by atoms with Crippen LogP contribution in [0.3, 0.4) is 0 Å². The zero-order valence-electron chi connectivity index (χ0n) is 21.5. The number of carbonyl (C=O) groups excluding carboxylic acids is 1. The van der Waals surface area contributed by atoms with E-state index in [-0.39, 0.29) is 11.5 Å². The molecule has 0 radical (unpaired) electrons. The second-order valence-electron chi connectivity index (χ2n) is 8.81. The SMILES string of the molecule is O=C(O)c1ccc(COc2ccc(/C=N\NC(=O)c3ccc(-c4csc(Nc5ccc(Cl)cc5)n4)cc3)cc2)cc1. The van der Waals surface area contributed by atoms with Crippen LogP contribution in [0.2, 0.25) is 5.02 Å². The van der Waals surface area contributed by atoms with Gasteiger partial charge in [0.15, 0.2) is 5.13 Å². The van der Waals surface area contributed by atoms with Crippen LogP contribution in [-0.2, 0) is 6.61 Å². The summed E-state index contributed by atoms with van der Waals surface area (Å²) in [6.45, 7) is 0.312. The summed E-state index contributed by atoms with van der Waals surface area (Å²) >= 11 is 7.43. The average Bonchev–Trinajstić information content (AvgIpc) is 3.46. The van der Waals surface area contributed by atoms with E-state index in [9.17, 15) is 9.59 Å². The first-order chi connectivity index (χ1) is 19.9. The van der Waals surface area contributed by atoms with Crippen LogP contribution in [0.5, 0.6) is 5.75 Å². The summed E-state index contributed by atoms with van der Waals surface area (Å²) in [6, 6.07) is 28.3. The van der Waals surface area contributed by atoms with Crippen molar-refractivity contribution in [3.05, 3.63) is 130 Å². The molecule has 1 amide bonds. The van der Waals surface area contributed by atoms with Crippen LogP contribution < -0.4 is 15.5 Å². The lowest BCUT2D eigenvalue weighted by Crippen LogP contribution is -2.17. The van der Waals surface area contributed by atoms with Crippen LogP contribution >= 0.6 is 22.9 Å². The molecule has 0 bridgehead atoms. The van der Waals surface area contributed by atoms with E-state index in [2.05, 4.69) is 20.8 Å². The molecular weight excluding hydrogens is 560 g/mol. The van der Waals surface area contributed by atoms with Crippen molar-refractivity contribution in [3.8, 4) is 17.0 Å². The molecule has 41 heavy (non-hydrogen) atoms. The maximum Gasteiger partial charge on any atom is 0.335 e. The van der Waals surface area contributed by atoms with Crippen molar-refractivity contribution >= 4 is 51.8 Å². The maximum atomic E-state index is 12.5. The second kappa shape index (κ2) is 12.9. The Morgan fingerprint density at radius 2 is 1.59 bits per heavy atom. The van der Waals surface area contributed by atoms with Crippen molar-refractivity contribution < 1.29 is 19.4 Å². The Hall–Kier alpha value is -4.99. The van der Waals surface area contributed by atoms with E-state index in [0.717, 1.165) is 33.2 Å². The zero-order valence-corrected chi connectivity index (χ0v) is 23.0. The maximum absolute atomic E-state index is 12.5. The van der Waals surface area contributed by atoms with E-state index < -0.39 is 5.97 Å². The summed E-state index contributed by atoms with van der Waals surface area (Å²) in [5.41, 5.74) is 7.48. The molecule has 3 N–H and O–H groups in total. The average molecular weight is 583 g/mol. The molecule has 10 heteroatoms. The number of amides is 1. The minimum atomic E-state index is -0.964. The fourth-order valence-corrected chi connectivity index (χ4v) is 4.57. The first-order valence-electron chi connectivity index (χ1n) is 12.4. The number of hydrazone groups is 1. The van der Waals surface area contributed by atoms with Crippen LogP contribution in [0.15, 0.2) is 108 Å². The fraction of sp³-hybridized carbons (Fsp3) is 0.0323. The van der Waals surface area contributed by atoms with Crippen LogP contribution in [-0.4, -0.2) is 28.2 Å². The van der Waals surface area contributed by atoms with E-state index >= 15 is 0 Å². The lowest BCUT2D eigenvalue weighted by atomic mass is 10.1. The van der Waals surface area contributed by atoms with E-state index in [1.54, 1.807) is 54.7 Å². The van der Waals surface area contributed by atoms with E-state index in [1.165, 1.54) is 11.3 Å². The number of nitrogens with zero attached hydrogens (tertiary/aromatic N) is 2. The molecule has 5 aromatic rings. The molecule has 0 aliphatic rings. The predicted molar refractivity (Wildman–Crippen MR) is 162 cm³/mol. The topological polar surface area (TPSA) is 113 Å². The molecule has 0 aliphatic heterocycles. The Bertz CT molecular complexity index is 1670. The van der Waals surface area contributed by atoms with Gasteiger partial charge in [0.05, 0.1) is 17.5 Å². The summed E-state index contributed by atoms with van der Waals surface area (Å²) in [6.07, 6.45) is 1.55. The molecule has 0 saturated heterocycles. The third-order valence-corrected chi connectivity index (χ3v) is 6.92. The highest BCUT2D eigenvalue weighted by Gasteiger charge is 2.08. The van der Waals surface area contributed by atoms with Crippen LogP contribution in [0, 0.1) is 0 Å². The molecule has 4 aromatic carbocycles. The highest BCUT2D eigenvalue weighted by Crippen LogP contribution is 2.28. The first-order valence-corrected chi connectivity index (χ1v) is 13.7. The van der Waals surface area contributed by atoms with Gasteiger partial charge in [0, 0.05) is 27.2 Å². The molecule has 1 aromatic heterocycles. The lowest BCUT2D eigenvalue weighted by molar-refractivity contribution is 0.0696. The van der Waals surface area contributed by atoms with E-state index in [1.807, 2.05) is 53.9 Å². The molecule has 0 fully saturated rings. The largest absolute Gasteiger partial charge is 0.489 e. The molecule has 0 spiro atoms. The highest BCUT2D eigenvalue weighted by atomic mass is 35.5. The number of benzene rings is 4. The van der Waals surface area contributed by atoms with Crippen molar-refractivity contribution in [1.29, 1.82) is 0 Å². The van der Waals surface area contributed by atoms with Gasteiger partial charge in [-0.25, -0.2) is 15.2 Å². The number of hydrogen-bond acceptors (Lipinski definition) is 7. The number of carbonyl (C=O) groups is 2. The van der Waals surface area contributed by atoms with Crippen LogP contribution in [0.25, 0.3) is 11.3 Å². The number of halogens is 1. The quantitative estimate of drug-likeness (QED) is 0.118. The molecule has 0 aliphatic carbocycles. The van der Waals surface area contributed by atoms with Gasteiger partial charge >= 0.3 is 5.97 Å². The second-order valence-corrected chi connectivity index (χ2v) is 10.1. The van der Waals surface area contributed by atoms with E-state index in [0.29, 0.717) is 22.9 Å². The molecule has 0 unspecified atom stereocenters. The van der Waals surface area contributed by atoms with Gasteiger partial charge in [-0.1, -0.05) is 35.9 Å². The smallest absolute Gasteiger partial charge is 0.335 e. The number of aromatic nitrogens is 1. The number of hydrogen-bond donors (Lipinski definition) is 3. The number of anilines is 2. The standard InChI is InChI=1S/C31H23ClN4O4S/c32-25-11-13-26(14-12-25)34-31-35-28(19-41-31)22-7-9-23(10-8-22)29(37)36-33-17-20-3-15-27(16-4-20)40-18-21-1-5-24(6-2-21)30(38)39/h1-17,19H,18H2,(H,34,35)(H,36,37)(H,38,39)/b33-17-.